The van der Waals surface area contributed by atoms with Gasteiger partial charge in [0.1, 0.15) is 23.7 Å². The quantitative estimate of drug-likeness (QED) is 0.467. The van der Waals surface area contributed by atoms with Crippen molar-refractivity contribution in [3.8, 4) is 0 Å². The van der Waals surface area contributed by atoms with Crippen LogP contribution in [0.5, 0.6) is 0 Å². The van der Waals surface area contributed by atoms with E-state index in [4.69, 9.17) is 11.1 Å². The molecule has 2 aromatic rings. The normalized spacial score (nSPS) is 15.5. The Morgan fingerprint density at radius 3 is 2.92 bits per heavy atom. The Bertz CT molecular complexity index is 720. The zero-order chi connectivity index (χ0) is 16.9. The number of aromatic nitrogens is 2. The van der Waals surface area contributed by atoms with Crippen LogP contribution in [0.1, 0.15) is 16.8 Å². The Labute approximate surface area is 141 Å². The summed E-state index contributed by atoms with van der Waals surface area (Å²) in [7, 11) is 0. The van der Waals surface area contributed by atoms with Gasteiger partial charge in [-0.15, -0.1) is 0 Å². The summed E-state index contributed by atoms with van der Waals surface area (Å²) in [6.07, 6.45) is 1.77. The van der Waals surface area contributed by atoms with Gasteiger partial charge in [-0.1, -0.05) is 24.3 Å². The zero-order valence-corrected chi connectivity index (χ0v) is 13.4. The van der Waals surface area contributed by atoms with Gasteiger partial charge in [0, 0.05) is 32.2 Å². The standard InChI is InChI=1S/C17H22N6O/c18-16-7-15(21-11-22-16)17(19)20-8-14(24)10-23-6-5-12-3-1-2-4-13(12)9-23/h1-4,7,11,14,24H,5-6,8-10H2,(H2,19,20)(H2,18,21,22)/t14-/m0/s1. The first-order valence-corrected chi connectivity index (χ1v) is 7.99. The molecule has 0 bridgehead atoms. The fourth-order valence-electron chi connectivity index (χ4n) is 2.89. The van der Waals surface area contributed by atoms with Crippen molar-refractivity contribution in [2.24, 2.45) is 0 Å². The number of amidine groups is 1. The van der Waals surface area contributed by atoms with Crippen molar-refractivity contribution < 1.29 is 5.11 Å². The Morgan fingerprint density at radius 2 is 2.12 bits per heavy atom. The van der Waals surface area contributed by atoms with Crippen molar-refractivity contribution >= 4 is 11.7 Å². The molecule has 7 heteroatoms. The maximum absolute atomic E-state index is 10.2. The van der Waals surface area contributed by atoms with E-state index in [0.29, 0.717) is 24.6 Å². The van der Waals surface area contributed by atoms with Crippen LogP contribution in [0, 0.1) is 5.41 Å². The van der Waals surface area contributed by atoms with Gasteiger partial charge in [-0.2, -0.15) is 0 Å². The fourth-order valence-corrected chi connectivity index (χ4v) is 2.89. The molecule has 0 spiro atoms. The fraction of sp³-hybridized carbons (Fsp3) is 0.353. The van der Waals surface area contributed by atoms with Crippen LogP contribution < -0.4 is 11.1 Å². The first-order chi connectivity index (χ1) is 11.6. The van der Waals surface area contributed by atoms with E-state index in [1.807, 2.05) is 0 Å². The molecule has 0 aliphatic carbocycles. The summed E-state index contributed by atoms with van der Waals surface area (Å²) in [6, 6.07) is 9.96. The molecule has 0 saturated heterocycles. The number of rotatable bonds is 5. The molecule has 24 heavy (non-hydrogen) atoms. The van der Waals surface area contributed by atoms with E-state index in [0.717, 1.165) is 19.5 Å². The van der Waals surface area contributed by atoms with Gasteiger partial charge < -0.3 is 16.2 Å². The summed E-state index contributed by atoms with van der Waals surface area (Å²) in [5.41, 5.74) is 8.72. The predicted octanol–water partition coefficient (Wildman–Crippen LogP) is 0.393. The molecule has 0 radical (unpaired) electrons. The Hall–Kier alpha value is -2.51. The molecular formula is C17H22N6O. The number of hydrogen-bond donors (Lipinski definition) is 4. The SMILES string of the molecule is N=C(NC[C@H](O)CN1CCc2ccccc2C1)c1cc(N)ncn1. The largest absolute Gasteiger partial charge is 0.390 e. The van der Waals surface area contributed by atoms with Gasteiger partial charge in [-0.3, -0.25) is 10.3 Å². The molecule has 1 aromatic carbocycles. The third-order valence-electron chi connectivity index (χ3n) is 4.14. The topological polar surface area (TPSA) is 111 Å². The smallest absolute Gasteiger partial charge is 0.144 e. The number of hydrogen-bond acceptors (Lipinski definition) is 6. The van der Waals surface area contributed by atoms with Crippen molar-refractivity contribution in [2.45, 2.75) is 19.1 Å². The average molecular weight is 326 g/mol. The highest BCUT2D eigenvalue weighted by Crippen LogP contribution is 2.18. The van der Waals surface area contributed by atoms with Gasteiger partial charge in [0.25, 0.3) is 0 Å². The number of nitrogens with zero attached hydrogens (tertiary/aromatic N) is 3. The van der Waals surface area contributed by atoms with Crippen LogP contribution in [-0.4, -0.2) is 51.5 Å². The molecule has 3 rings (SSSR count). The van der Waals surface area contributed by atoms with Gasteiger partial charge in [0.15, 0.2) is 0 Å². The summed E-state index contributed by atoms with van der Waals surface area (Å²) in [4.78, 5) is 10.0. The van der Waals surface area contributed by atoms with E-state index in [-0.39, 0.29) is 5.84 Å². The van der Waals surface area contributed by atoms with Crippen molar-refractivity contribution in [2.75, 3.05) is 25.4 Å². The number of anilines is 1. The number of β-amino-alcohol motifs (C(OH)–C–C–N with tert-alkyl or cyclic N) is 1. The van der Waals surface area contributed by atoms with Crippen LogP contribution in [0.25, 0.3) is 0 Å². The maximum Gasteiger partial charge on any atom is 0.144 e. The Morgan fingerprint density at radius 1 is 1.33 bits per heavy atom. The number of nitrogens with two attached hydrogens (primary N) is 1. The van der Waals surface area contributed by atoms with Gasteiger partial charge in [0.05, 0.1) is 6.10 Å². The minimum Gasteiger partial charge on any atom is -0.390 e. The monoisotopic (exact) mass is 326 g/mol. The minimum atomic E-state index is -0.560. The minimum absolute atomic E-state index is 0.132. The van der Waals surface area contributed by atoms with Gasteiger partial charge in [-0.25, -0.2) is 9.97 Å². The van der Waals surface area contributed by atoms with Crippen molar-refractivity contribution in [1.82, 2.24) is 20.2 Å². The van der Waals surface area contributed by atoms with E-state index in [1.165, 1.54) is 23.5 Å². The van der Waals surface area contributed by atoms with E-state index < -0.39 is 6.10 Å². The molecule has 2 heterocycles. The third-order valence-corrected chi connectivity index (χ3v) is 4.14. The second-order valence-corrected chi connectivity index (χ2v) is 5.99. The molecule has 126 valence electrons. The van der Waals surface area contributed by atoms with E-state index in [2.05, 4.69) is 44.5 Å². The van der Waals surface area contributed by atoms with Crippen LogP contribution in [-0.2, 0) is 13.0 Å². The highest BCUT2D eigenvalue weighted by Gasteiger charge is 2.18. The molecule has 0 unspecified atom stereocenters. The van der Waals surface area contributed by atoms with E-state index in [1.54, 1.807) is 0 Å². The number of aliphatic hydroxyl groups is 1. The van der Waals surface area contributed by atoms with Crippen LogP contribution in [0.2, 0.25) is 0 Å². The van der Waals surface area contributed by atoms with Gasteiger partial charge >= 0.3 is 0 Å². The zero-order valence-electron chi connectivity index (χ0n) is 13.4. The van der Waals surface area contributed by atoms with Gasteiger partial charge in [-0.05, 0) is 17.5 Å². The number of aliphatic hydroxyl groups excluding tert-OH is 1. The average Bonchev–Trinajstić information content (AvgIpc) is 2.59. The third kappa shape index (κ3) is 4.06. The van der Waals surface area contributed by atoms with Crippen LogP contribution in [0.15, 0.2) is 36.7 Å². The molecular weight excluding hydrogens is 304 g/mol. The number of benzene rings is 1. The lowest BCUT2D eigenvalue weighted by molar-refractivity contribution is 0.108. The molecule has 1 aliphatic heterocycles. The number of nitrogen functional groups attached to an aromatic ring is 1. The molecule has 7 nitrogen and oxygen atoms in total. The van der Waals surface area contributed by atoms with Crippen LogP contribution >= 0.6 is 0 Å². The van der Waals surface area contributed by atoms with Crippen LogP contribution in [0.4, 0.5) is 5.82 Å². The van der Waals surface area contributed by atoms with E-state index in [9.17, 15) is 5.11 Å². The first kappa shape index (κ1) is 16.4. The predicted molar refractivity (Wildman–Crippen MR) is 92.7 cm³/mol. The van der Waals surface area contributed by atoms with Crippen molar-refractivity contribution in [3.63, 3.8) is 0 Å². The number of fused-ring (bicyclic) bond motifs is 1. The number of nitrogens with one attached hydrogen (secondary N) is 2. The summed E-state index contributed by atoms with van der Waals surface area (Å²) >= 11 is 0. The Kier molecular flexibility index (Phi) is 5.02. The van der Waals surface area contributed by atoms with Crippen molar-refractivity contribution in [1.29, 1.82) is 5.41 Å². The Balaban J connectivity index is 1.48. The summed E-state index contributed by atoms with van der Waals surface area (Å²) < 4.78 is 0. The molecule has 1 aliphatic rings. The first-order valence-electron chi connectivity index (χ1n) is 7.99. The van der Waals surface area contributed by atoms with E-state index >= 15 is 0 Å². The maximum atomic E-state index is 10.2. The summed E-state index contributed by atoms with van der Waals surface area (Å²) in [6.45, 7) is 2.66. The lowest BCUT2D eigenvalue weighted by Crippen LogP contribution is -2.42. The lowest BCUT2D eigenvalue weighted by Gasteiger charge is -2.30. The molecule has 0 fully saturated rings. The van der Waals surface area contributed by atoms with Gasteiger partial charge in [0.2, 0.25) is 0 Å². The molecule has 0 amide bonds. The highest BCUT2D eigenvalue weighted by molar-refractivity contribution is 5.94. The van der Waals surface area contributed by atoms with Crippen LogP contribution in [0.3, 0.4) is 0 Å². The highest BCUT2D eigenvalue weighted by atomic mass is 16.3. The van der Waals surface area contributed by atoms with Crippen molar-refractivity contribution in [3.05, 3.63) is 53.5 Å². The molecule has 5 N–H and O–H groups in total. The summed E-state index contributed by atoms with van der Waals surface area (Å²) in [5, 5.41) is 21.1. The molecule has 1 aromatic heterocycles. The molecule has 0 saturated carbocycles. The second kappa shape index (κ2) is 7.37. The lowest BCUT2D eigenvalue weighted by atomic mass is 10.00. The second-order valence-electron chi connectivity index (χ2n) is 5.99. The summed E-state index contributed by atoms with van der Waals surface area (Å²) in [5.74, 6) is 0.450. The molecule has 1 atom stereocenters.